The topological polar surface area (TPSA) is 167 Å². The predicted octanol–water partition coefficient (Wildman–Crippen LogP) is 2.43. The minimum absolute atomic E-state index is 0.0466. The lowest BCUT2D eigenvalue weighted by Crippen LogP contribution is -2.49. The second kappa shape index (κ2) is 14.3. The van der Waals surface area contributed by atoms with Crippen LogP contribution in [-0.2, 0) is 55.7 Å². The molecular weight excluding hydrogens is 672 g/mol. The van der Waals surface area contributed by atoms with E-state index < -0.39 is 59.6 Å². The van der Waals surface area contributed by atoms with Gasteiger partial charge in [-0.15, -0.1) is 0 Å². The van der Waals surface area contributed by atoms with Crippen molar-refractivity contribution in [2.24, 2.45) is 5.41 Å². The van der Waals surface area contributed by atoms with Crippen molar-refractivity contribution < 1.29 is 52.8 Å². The number of nitrogens with zero attached hydrogens (tertiary/aromatic N) is 1. The second-order valence-electron chi connectivity index (χ2n) is 14.6. The van der Waals surface area contributed by atoms with E-state index in [1.54, 1.807) is 44.2 Å². The van der Waals surface area contributed by atoms with E-state index >= 15 is 0 Å². The summed E-state index contributed by atoms with van der Waals surface area (Å²) >= 11 is 0. The summed E-state index contributed by atoms with van der Waals surface area (Å²) in [4.78, 5) is 66.7. The number of likely N-dealkylation sites (tertiary alicyclic amines) is 1. The van der Waals surface area contributed by atoms with E-state index in [0.29, 0.717) is 43.4 Å². The Morgan fingerprint density at radius 2 is 1.81 bits per heavy atom. The summed E-state index contributed by atoms with van der Waals surface area (Å²) in [5.41, 5.74) is 2.63. The zero-order valence-corrected chi connectivity index (χ0v) is 29.1. The Balaban J connectivity index is 1.09. The fraction of sp³-hybridized carbons (Fsp3) is 0.462. The maximum atomic E-state index is 14.0. The number of amides is 2. The van der Waals surface area contributed by atoms with E-state index in [1.165, 1.54) is 17.1 Å². The molecule has 0 bridgehead atoms. The van der Waals surface area contributed by atoms with Crippen LogP contribution in [0, 0.1) is 5.41 Å². The van der Waals surface area contributed by atoms with Gasteiger partial charge in [-0.3, -0.25) is 9.59 Å². The maximum Gasteiger partial charge on any atom is 0.348 e. The molecule has 2 amide bonds. The van der Waals surface area contributed by atoms with Crippen molar-refractivity contribution in [1.82, 2.24) is 10.2 Å². The number of esters is 3. The predicted molar refractivity (Wildman–Crippen MR) is 183 cm³/mol. The molecule has 5 atom stereocenters. The van der Waals surface area contributed by atoms with Crippen LogP contribution in [0.5, 0.6) is 0 Å². The molecule has 13 nitrogen and oxygen atoms in total. The average molecular weight is 715 g/mol. The minimum atomic E-state index is -1.02. The van der Waals surface area contributed by atoms with Gasteiger partial charge in [-0.1, -0.05) is 50.2 Å². The van der Waals surface area contributed by atoms with Crippen LogP contribution in [0.15, 0.2) is 66.3 Å². The number of aliphatic hydroxyl groups excluding tert-OH is 1. The molecule has 1 spiro atoms. The van der Waals surface area contributed by atoms with Gasteiger partial charge in [-0.2, -0.15) is 0 Å². The van der Waals surface area contributed by atoms with Gasteiger partial charge in [0.1, 0.15) is 31.0 Å². The number of aliphatic hydroxyl groups is 1. The number of hydrogen-bond donors (Lipinski definition) is 2. The Morgan fingerprint density at radius 1 is 1.04 bits per heavy atom. The van der Waals surface area contributed by atoms with E-state index in [4.69, 9.17) is 23.7 Å². The first kappa shape index (κ1) is 35.5. The van der Waals surface area contributed by atoms with Crippen LogP contribution in [0.1, 0.15) is 60.2 Å². The molecule has 0 aromatic heterocycles. The van der Waals surface area contributed by atoms with Crippen molar-refractivity contribution in [1.29, 1.82) is 0 Å². The summed E-state index contributed by atoms with van der Waals surface area (Å²) in [7, 11) is 0. The summed E-state index contributed by atoms with van der Waals surface area (Å²) in [6.07, 6.45) is 3.30. The number of ether oxygens (including phenoxy) is 5. The summed E-state index contributed by atoms with van der Waals surface area (Å²) in [5.74, 6) is -3.63. The van der Waals surface area contributed by atoms with Crippen molar-refractivity contribution in [3.8, 4) is 0 Å². The summed E-state index contributed by atoms with van der Waals surface area (Å²) in [5, 5.41) is 11.8. The Kier molecular flexibility index (Phi) is 9.77. The van der Waals surface area contributed by atoms with Gasteiger partial charge in [0.2, 0.25) is 17.9 Å². The molecule has 2 aromatic rings. The first-order valence-corrected chi connectivity index (χ1v) is 17.6. The number of hydrogen-bond acceptors (Lipinski definition) is 11. The van der Waals surface area contributed by atoms with Gasteiger partial charge in [0.15, 0.2) is 5.79 Å². The molecule has 3 heterocycles. The van der Waals surface area contributed by atoms with Gasteiger partial charge in [0.05, 0.1) is 12.2 Å². The summed E-state index contributed by atoms with van der Waals surface area (Å²) in [6.45, 7) is 3.97. The molecule has 2 aromatic carbocycles. The molecule has 13 heteroatoms. The third-order valence-electron chi connectivity index (χ3n) is 10.3. The fourth-order valence-electron chi connectivity index (χ4n) is 7.65. The SMILES string of the molecule is CC1(C)COC(=O)[C@@H]1OC(=O)C=Cc1cccc(C(=O)O[C@@H]2CC(C(=O)N3CCC[C@@H]3C(=O)NCCO)=C[C@H]3OC4(Cc5ccccc5C4)O[C@H]32)c1. The Morgan fingerprint density at radius 3 is 2.52 bits per heavy atom. The third-order valence-corrected chi connectivity index (χ3v) is 10.3. The van der Waals surface area contributed by atoms with E-state index in [0.717, 1.165) is 11.1 Å². The zero-order chi connectivity index (χ0) is 36.6. The first-order valence-electron chi connectivity index (χ1n) is 17.6. The number of rotatable bonds is 9. The van der Waals surface area contributed by atoms with Gasteiger partial charge >= 0.3 is 17.9 Å². The highest BCUT2D eigenvalue weighted by molar-refractivity contribution is 5.98. The van der Waals surface area contributed by atoms with Crippen LogP contribution in [0.25, 0.3) is 6.08 Å². The highest BCUT2D eigenvalue weighted by Gasteiger charge is 2.55. The van der Waals surface area contributed by atoms with E-state index in [-0.39, 0.29) is 43.6 Å². The molecule has 3 aliphatic heterocycles. The lowest BCUT2D eigenvalue weighted by Gasteiger charge is -2.32. The van der Waals surface area contributed by atoms with Crippen LogP contribution in [0.3, 0.4) is 0 Å². The summed E-state index contributed by atoms with van der Waals surface area (Å²) < 4.78 is 29.7. The normalized spacial score (nSPS) is 26.8. The van der Waals surface area contributed by atoms with Gasteiger partial charge in [0, 0.05) is 49.4 Å². The second-order valence-corrected chi connectivity index (χ2v) is 14.6. The number of carbonyl (C=O) groups excluding carboxylic acids is 5. The molecular formula is C39H42N2O11. The van der Waals surface area contributed by atoms with E-state index in [1.807, 2.05) is 24.3 Å². The molecule has 0 radical (unpaired) electrons. The Bertz CT molecular complexity index is 1810. The number of fused-ring (bicyclic) bond motifs is 2. The molecule has 5 aliphatic rings. The van der Waals surface area contributed by atoms with Crippen molar-refractivity contribution in [3.05, 3.63) is 88.5 Å². The van der Waals surface area contributed by atoms with Crippen LogP contribution >= 0.6 is 0 Å². The molecule has 2 aliphatic carbocycles. The van der Waals surface area contributed by atoms with Gasteiger partial charge in [0.25, 0.3) is 0 Å². The van der Waals surface area contributed by atoms with Crippen LogP contribution in [-0.4, -0.2) is 102 Å². The van der Waals surface area contributed by atoms with Crippen molar-refractivity contribution in [2.45, 2.75) is 82.2 Å². The van der Waals surface area contributed by atoms with E-state index in [9.17, 15) is 29.1 Å². The van der Waals surface area contributed by atoms with Gasteiger partial charge in [-0.25, -0.2) is 14.4 Å². The summed E-state index contributed by atoms with van der Waals surface area (Å²) in [6, 6.07) is 13.8. The van der Waals surface area contributed by atoms with Gasteiger partial charge in [-0.05, 0) is 53.8 Å². The largest absolute Gasteiger partial charge is 0.462 e. The van der Waals surface area contributed by atoms with Crippen molar-refractivity contribution >= 4 is 35.8 Å². The first-order chi connectivity index (χ1) is 24.9. The maximum absolute atomic E-state index is 14.0. The van der Waals surface area contributed by atoms with Crippen LogP contribution in [0.2, 0.25) is 0 Å². The lowest BCUT2D eigenvalue weighted by molar-refractivity contribution is -0.172. The number of carbonyl (C=O) groups is 5. The average Bonchev–Trinajstić information content (AvgIpc) is 3.91. The van der Waals surface area contributed by atoms with Crippen molar-refractivity contribution in [3.63, 3.8) is 0 Å². The van der Waals surface area contributed by atoms with Crippen molar-refractivity contribution in [2.75, 3.05) is 26.3 Å². The lowest BCUT2D eigenvalue weighted by atomic mass is 9.90. The number of cyclic esters (lactones) is 1. The third kappa shape index (κ3) is 7.12. The molecule has 2 N–H and O–H groups in total. The Labute approximate surface area is 300 Å². The highest BCUT2D eigenvalue weighted by Crippen LogP contribution is 2.45. The monoisotopic (exact) mass is 714 g/mol. The quantitative estimate of drug-likeness (QED) is 0.223. The number of benzene rings is 2. The van der Waals surface area contributed by atoms with E-state index in [2.05, 4.69) is 5.32 Å². The van der Waals surface area contributed by atoms with Crippen LogP contribution < -0.4 is 5.32 Å². The zero-order valence-electron chi connectivity index (χ0n) is 29.1. The minimum Gasteiger partial charge on any atom is -0.462 e. The molecule has 0 unspecified atom stereocenters. The van der Waals surface area contributed by atoms with Crippen LogP contribution in [0.4, 0.5) is 0 Å². The number of nitrogens with one attached hydrogen (secondary N) is 1. The van der Waals surface area contributed by atoms with Gasteiger partial charge < -0.3 is 39.0 Å². The molecule has 7 rings (SSSR count). The molecule has 52 heavy (non-hydrogen) atoms. The fourth-order valence-corrected chi connectivity index (χ4v) is 7.65. The highest BCUT2D eigenvalue weighted by atomic mass is 16.8. The Hall–Kier alpha value is -4.85. The smallest absolute Gasteiger partial charge is 0.348 e. The molecule has 3 fully saturated rings. The standard InChI is InChI=1S/C39H42N2O11/c1-38(2)22-48-37(47)33(38)50-31(43)13-12-23-7-5-10-24(17-23)36(46)49-29-18-27(35(45)41-15-6-11-28(41)34(44)40-14-16-42)19-30-32(29)52-39(51-30)20-25-8-3-4-9-26(25)21-39/h3-5,7-10,12-13,17,19,28-30,32-33,42H,6,11,14-16,18,20-22H2,1-2H3,(H,40,44)/t28-,29-,30-,32+,33+/m1/s1. The molecule has 0 saturated carbocycles. The molecule has 3 saturated heterocycles. The molecule has 274 valence electrons.